The van der Waals surface area contributed by atoms with Crippen LogP contribution >= 0.6 is 0 Å². The highest BCUT2D eigenvalue weighted by molar-refractivity contribution is 5.97. The first-order chi connectivity index (χ1) is 12.7. The number of fused-ring (bicyclic) bond motifs is 1. The number of aliphatic hydroxyl groups is 1. The Labute approximate surface area is 148 Å². The molecule has 132 valence electrons. The number of hydrogen-bond donors (Lipinski definition) is 2. The predicted molar refractivity (Wildman–Crippen MR) is 92.2 cm³/mol. The van der Waals surface area contributed by atoms with Crippen LogP contribution in [0, 0.1) is 0 Å². The quantitative estimate of drug-likeness (QED) is 0.551. The number of amides is 1. The van der Waals surface area contributed by atoms with Crippen LogP contribution in [0.4, 0.5) is 0 Å². The Morgan fingerprint density at radius 2 is 2.15 bits per heavy atom. The number of imidazole rings is 1. The number of carbonyl (C=O) groups is 1. The second-order valence-corrected chi connectivity index (χ2v) is 5.71. The van der Waals surface area contributed by atoms with E-state index in [1.165, 1.54) is 0 Å². The van der Waals surface area contributed by atoms with Crippen LogP contribution in [-0.2, 0) is 13.1 Å². The lowest BCUT2D eigenvalue weighted by molar-refractivity contribution is 0.0950. The lowest BCUT2D eigenvalue weighted by Crippen LogP contribution is -2.22. The molecule has 1 amide bonds. The van der Waals surface area contributed by atoms with Crippen molar-refractivity contribution in [2.24, 2.45) is 0 Å². The van der Waals surface area contributed by atoms with Crippen LogP contribution < -0.4 is 5.32 Å². The van der Waals surface area contributed by atoms with Crippen molar-refractivity contribution < 1.29 is 18.8 Å². The molecule has 0 spiro atoms. The van der Waals surface area contributed by atoms with Gasteiger partial charge in [-0.2, -0.15) is 0 Å². The molecular weight excluding hydrogens is 336 g/mol. The minimum absolute atomic E-state index is 0.0331. The van der Waals surface area contributed by atoms with E-state index in [-0.39, 0.29) is 19.1 Å². The highest BCUT2D eigenvalue weighted by atomic mass is 16.5. The third kappa shape index (κ3) is 3.09. The predicted octanol–water partition coefficient (Wildman–Crippen LogP) is 2.21. The number of hydrogen-bond acceptors (Lipinski definition) is 6. The molecule has 0 atom stereocenters. The molecule has 4 aromatic rings. The SMILES string of the molecule is O=C(NCc1cc(-c2ccco2)on1)c1ccc2c(c1)ncn2CCO. The second-order valence-electron chi connectivity index (χ2n) is 5.71. The lowest BCUT2D eigenvalue weighted by Gasteiger charge is -2.04. The first kappa shape index (κ1) is 16.1. The topological polar surface area (TPSA) is 106 Å². The molecule has 2 N–H and O–H groups in total. The Bertz CT molecular complexity index is 1030. The van der Waals surface area contributed by atoms with Crippen molar-refractivity contribution in [1.29, 1.82) is 0 Å². The van der Waals surface area contributed by atoms with Gasteiger partial charge in [0, 0.05) is 18.2 Å². The highest BCUT2D eigenvalue weighted by Crippen LogP contribution is 2.20. The Hall–Kier alpha value is -3.39. The fourth-order valence-electron chi connectivity index (χ4n) is 2.69. The summed E-state index contributed by atoms with van der Waals surface area (Å²) in [4.78, 5) is 16.6. The summed E-state index contributed by atoms with van der Waals surface area (Å²) in [5, 5.41) is 15.8. The number of aliphatic hydroxyl groups excluding tert-OH is 1. The van der Waals surface area contributed by atoms with E-state index in [2.05, 4.69) is 15.5 Å². The van der Waals surface area contributed by atoms with E-state index in [0.717, 1.165) is 5.52 Å². The van der Waals surface area contributed by atoms with Gasteiger partial charge in [-0.1, -0.05) is 5.16 Å². The maximum atomic E-state index is 12.4. The fraction of sp³-hybridized carbons (Fsp3) is 0.167. The van der Waals surface area contributed by atoms with Crippen LogP contribution in [0.25, 0.3) is 22.6 Å². The number of aromatic nitrogens is 3. The van der Waals surface area contributed by atoms with E-state index in [0.29, 0.717) is 34.8 Å². The van der Waals surface area contributed by atoms with Crippen molar-refractivity contribution in [2.45, 2.75) is 13.1 Å². The molecule has 0 radical (unpaired) electrons. The van der Waals surface area contributed by atoms with E-state index >= 15 is 0 Å². The first-order valence-corrected chi connectivity index (χ1v) is 8.08. The van der Waals surface area contributed by atoms with Crippen molar-refractivity contribution in [3.8, 4) is 11.5 Å². The molecule has 3 heterocycles. The average molecular weight is 352 g/mol. The van der Waals surface area contributed by atoms with Gasteiger partial charge >= 0.3 is 0 Å². The van der Waals surface area contributed by atoms with Gasteiger partial charge in [-0.25, -0.2) is 4.98 Å². The minimum atomic E-state index is -0.230. The number of nitrogens with zero attached hydrogens (tertiary/aromatic N) is 3. The van der Waals surface area contributed by atoms with E-state index in [1.54, 1.807) is 42.9 Å². The molecule has 0 fully saturated rings. The zero-order valence-electron chi connectivity index (χ0n) is 13.8. The molecule has 0 aliphatic rings. The maximum Gasteiger partial charge on any atom is 0.251 e. The number of rotatable bonds is 6. The van der Waals surface area contributed by atoms with Crippen molar-refractivity contribution in [1.82, 2.24) is 20.0 Å². The van der Waals surface area contributed by atoms with E-state index in [9.17, 15) is 4.79 Å². The molecule has 0 aliphatic carbocycles. The Kier molecular flexibility index (Phi) is 4.24. The second kappa shape index (κ2) is 6.85. The van der Waals surface area contributed by atoms with Crippen LogP contribution in [0.2, 0.25) is 0 Å². The number of benzene rings is 1. The summed E-state index contributed by atoms with van der Waals surface area (Å²) in [5.74, 6) is 0.861. The molecule has 8 heteroatoms. The normalized spacial score (nSPS) is 11.1. The van der Waals surface area contributed by atoms with Crippen LogP contribution in [0.5, 0.6) is 0 Å². The Balaban J connectivity index is 1.44. The van der Waals surface area contributed by atoms with Crippen molar-refractivity contribution >= 4 is 16.9 Å². The van der Waals surface area contributed by atoms with Crippen molar-refractivity contribution in [2.75, 3.05) is 6.61 Å². The summed E-state index contributed by atoms with van der Waals surface area (Å²) < 4.78 is 12.3. The molecule has 26 heavy (non-hydrogen) atoms. The van der Waals surface area contributed by atoms with Gasteiger partial charge in [0.1, 0.15) is 5.69 Å². The number of furan rings is 1. The molecular formula is C18H16N4O4. The molecule has 0 unspecified atom stereocenters. The zero-order chi connectivity index (χ0) is 17.9. The largest absolute Gasteiger partial charge is 0.461 e. The third-order valence-corrected chi connectivity index (χ3v) is 3.98. The van der Waals surface area contributed by atoms with Gasteiger partial charge in [-0.15, -0.1) is 0 Å². The van der Waals surface area contributed by atoms with Gasteiger partial charge < -0.3 is 23.9 Å². The summed E-state index contributed by atoms with van der Waals surface area (Å²) >= 11 is 0. The number of nitrogens with one attached hydrogen (secondary N) is 1. The standard InChI is InChI=1S/C18H16N4O4/c23-6-5-22-11-20-14-8-12(3-4-15(14)22)18(24)19-10-13-9-17(26-21-13)16-2-1-7-25-16/h1-4,7-9,11,23H,5-6,10H2,(H,19,24). The van der Waals surface area contributed by atoms with Gasteiger partial charge in [-0.3, -0.25) is 4.79 Å². The van der Waals surface area contributed by atoms with Gasteiger partial charge in [0.15, 0.2) is 5.76 Å². The minimum Gasteiger partial charge on any atom is -0.461 e. The Morgan fingerprint density at radius 3 is 2.96 bits per heavy atom. The summed E-state index contributed by atoms with van der Waals surface area (Å²) in [5.41, 5.74) is 2.67. The van der Waals surface area contributed by atoms with E-state index < -0.39 is 0 Å². The van der Waals surface area contributed by atoms with Gasteiger partial charge in [0.2, 0.25) is 5.76 Å². The van der Waals surface area contributed by atoms with Crippen LogP contribution in [-0.4, -0.2) is 32.3 Å². The molecule has 0 bridgehead atoms. The average Bonchev–Trinajstić information content (AvgIpc) is 3.40. The molecule has 3 aromatic heterocycles. The fourth-order valence-corrected chi connectivity index (χ4v) is 2.69. The van der Waals surface area contributed by atoms with Gasteiger partial charge in [0.25, 0.3) is 5.91 Å². The van der Waals surface area contributed by atoms with Crippen LogP contribution in [0.15, 0.2) is 57.9 Å². The summed E-state index contributed by atoms with van der Waals surface area (Å²) in [6.07, 6.45) is 3.20. The summed E-state index contributed by atoms with van der Waals surface area (Å²) in [6, 6.07) is 10.5. The molecule has 0 saturated carbocycles. The zero-order valence-corrected chi connectivity index (χ0v) is 13.8. The van der Waals surface area contributed by atoms with Gasteiger partial charge in [0.05, 0.1) is 36.8 Å². The molecule has 8 nitrogen and oxygen atoms in total. The van der Waals surface area contributed by atoms with E-state index in [1.807, 2.05) is 10.6 Å². The maximum absolute atomic E-state index is 12.4. The smallest absolute Gasteiger partial charge is 0.251 e. The van der Waals surface area contributed by atoms with Crippen LogP contribution in [0.1, 0.15) is 16.1 Å². The summed E-state index contributed by atoms with van der Waals surface area (Å²) in [6.45, 7) is 0.734. The van der Waals surface area contributed by atoms with E-state index in [4.69, 9.17) is 14.0 Å². The molecule has 0 saturated heterocycles. The number of carbonyl (C=O) groups excluding carboxylic acids is 1. The molecule has 0 aliphatic heterocycles. The molecule has 1 aromatic carbocycles. The van der Waals surface area contributed by atoms with Crippen molar-refractivity contribution in [3.05, 3.63) is 60.2 Å². The molecule has 4 rings (SSSR count). The van der Waals surface area contributed by atoms with Crippen LogP contribution in [0.3, 0.4) is 0 Å². The monoisotopic (exact) mass is 352 g/mol. The van der Waals surface area contributed by atoms with Gasteiger partial charge in [-0.05, 0) is 30.3 Å². The summed E-state index contributed by atoms with van der Waals surface area (Å²) in [7, 11) is 0. The highest BCUT2D eigenvalue weighted by Gasteiger charge is 2.12. The lowest BCUT2D eigenvalue weighted by atomic mass is 10.2. The Morgan fingerprint density at radius 1 is 1.23 bits per heavy atom. The third-order valence-electron chi connectivity index (χ3n) is 3.98. The first-order valence-electron chi connectivity index (χ1n) is 8.08. The van der Waals surface area contributed by atoms with Crippen molar-refractivity contribution in [3.63, 3.8) is 0 Å².